The van der Waals surface area contributed by atoms with Gasteiger partial charge in [0, 0.05) is 11.1 Å². The van der Waals surface area contributed by atoms with Crippen molar-refractivity contribution >= 4 is 50.7 Å². The summed E-state index contributed by atoms with van der Waals surface area (Å²) in [4.78, 5) is 14.4. The summed E-state index contributed by atoms with van der Waals surface area (Å²) in [5.74, 6) is 0.176. The topological polar surface area (TPSA) is 81.1 Å². The van der Waals surface area contributed by atoms with Crippen molar-refractivity contribution in [2.45, 2.75) is 6.92 Å². The Morgan fingerprint density at radius 2 is 1.71 bits per heavy atom. The van der Waals surface area contributed by atoms with Crippen LogP contribution in [0.3, 0.4) is 0 Å². The molecule has 5 rings (SSSR count). The molecule has 0 saturated carbocycles. The summed E-state index contributed by atoms with van der Waals surface area (Å²) < 4.78 is 5.37. The molecule has 0 radical (unpaired) electrons. The zero-order valence-corrected chi connectivity index (χ0v) is 19.4. The average Bonchev–Trinajstić information content (AvgIpc) is 3.26. The smallest absolute Gasteiger partial charge is 0.261 e. The molecule has 8 heteroatoms. The second-order valence-corrected chi connectivity index (χ2v) is 8.16. The number of rotatable bonds is 4. The maximum Gasteiger partial charge on any atom is 0.261 e. The van der Waals surface area contributed by atoms with Crippen LogP contribution in [-0.4, -0.2) is 33.1 Å². The van der Waals surface area contributed by atoms with Crippen molar-refractivity contribution in [2.75, 3.05) is 12.4 Å². The number of carbonyl (C=O) groups is 1. The van der Waals surface area contributed by atoms with E-state index in [1.54, 1.807) is 16.9 Å². The van der Waals surface area contributed by atoms with Crippen molar-refractivity contribution in [1.29, 1.82) is 0 Å². The lowest BCUT2D eigenvalue weighted by Gasteiger charge is -2.13. The lowest BCUT2D eigenvalue weighted by Crippen LogP contribution is -2.34. The zero-order valence-electron chi connectivity index (χ0n) is 18.6. The van der Waals surface area contributed by atoms with Crippen molar-refractivity contribution in [3.63, 3.8) is 0 Å². The predicted octanol–water partition coefficient (Wildman–Crippen LogP) is 5.02. The summed E-state index contributed by atoms with van der Waals surface area (Å²) in [5, 5.41) is 17.4. The number of para-hydroxylation sites is 1. The molecule has 0 spiro atoms. The van der Waals surface area contributed by atoms with Gasteiger partial charge in [0.25, 0.3) is 5.91 Å². The number of carbonyl (C=O) groups excluding carboxylic acids is 1. The Hall–Kier alpha value is -4.30. The van der Waals surface area contributed by atoms with Gasteiger partial charge in [0.2, 0.25) is 0 Å². The van der Waals surface area contributed by atoms with Gasteiger partial charge in [0.15, 0.2) is 5.11 Å². The molecule has 0 atom stereocenters. The van der Waals surface area contributed by atoms with E-state index in [0.29, 0.717) is 22.5 Å². The summed E-state index contributed by atoms with van der Waals surface area (Å²) in [6, 6.07) is 25.1. The fraction of sp³-hybridized carbons (Fsp3) is 0.0769. The minimum absolute atomic E-state index is 0.175. The molecular weight excluding hydrogens is 446 g/mol. The highest BCUT2D eigenvalue weighted by atomic mass is 32.1. The molecule has 0 bridgehead atoms. The van der Waals surface area contributed by atoms with Gasteiger partial charge in [-0.3, -0.25) is 10.1 Å². The summed E-state index contributed by atoms with van der Waals surface area (Å²) >= 11 is 5.36. The molecule has 168 valence electrons. The number of nitrogens with one attached hydrogen (secondary N) is 2. The maximum absolute atomic E-state index is 12.7. The number of benzene rings is 4. The van der Waals surface area contributed by atoms with Gasteiger partial charge >= 0.3 is 0 Å². The predicted molar refractivity (Wildman–Crippen MR) is 138 cm³/mol. The van der Waals surface area contributed by atoms with Crippen molar-refractivity contribution < 1.29 is 9.53 Å². The largest absolute Gasteiger partial charge is 0.496 e. The van der Waals surface area contributed by atoms with Gasteiger partial charge in [-0.05, 0) is 60.4 Å². The van der Waals surface area contributed by atoms with Crippen molar-refractivity contribution in [3.8, 4) is 11.4 Å². The van der Waals surface area contributed by atoms with E-state index in [9.17, 15) is 4.79 Å². The average molecular weight is 468 g/mol. The minimum Gasteiger partial charge on any atom is -0.496 e. The number of ether oxygens (including phenoxy) is 1. The van der Waals surface area contributed by atoms with Crippen LogP contribution in [0, 0.1) is 6.92 Å². The van der Waals surface area contributed by atoms with Crippen LogP contribution in [0.4, 0.5) is 5.69 Å². The van der Waals surface area contributed by atoms with Crippen molar-refractivity contribution in [2.24, 2.45) is 0 Å². The molecule has 0 aliphatic carbocycles. The number of nitrogens with zero attached hydrogens (tertiary/aromatic N) is 3. The molecule has 5 aromatic rings. The van der Waals surface area contributed by atoms with Crippen LogP contribution in [0.25, 0.3) is 27.5 Å². The van der Waals surface area contributed by atoms with Gasteiger partial charge in [-0.25, -0.2) is 0 Å². The highest BCUT2D eigenvalue weighted by Gasteiger charge is 2.15. The summed E-state index contributed by atoms with van der Waals surface area (Å²) in [5.41, 5.74) is 4.33. The fourth-order valence-corrected chi connectivity index (χ4v) is 4.13. The Morgan fingerprint density at radius 1 is 0.941 bits per heavy atom. The molecule has 1 heterocycles. The Balaban J connectivity index is 1.37. The third-order valence-corrected chi connectivity index (χ3v) is 5.71. The van der Waals surface area contributed by atoms with Gasteiger partial charge < -0.3 is 10.1 Å². The molecule has 1 aromatic heterocycles. The third-order valence-electron chi connectivity index (χ3n) is 5.51. The first-order chi connectivity index (χ1) is 16.5. The first kappa shape index (κ1) is 21.5. The first-order valence-electron chi connectivity index (χ1n) is 10.6. The van der Waals surface area contributed by atoms with Crippen LogP contribution < -0.4 is 15.4 Å². The molecule has 0 saturated heterocycles. The number of thiocarbonyl (C=S) groups is 1. The molecule has 2 N–H and O–H groups in total. The van der Waals surface area contributed by atoms with E-state index < -0.39 is 0 Å². The number of methoxy groups -OCH3 is 1. The van der Waals surface area contributed by atoms with E-state index in [0.717, 1.165) is 27.5 Å². The summed E-state index contributed by atoms with van der Waals surface area (Å²) in [7, 11) is 1.54. The second kappa shape index (κ2) is 8.92. The molecule has 0 unspecified atom stereocenters. The molecule has 1 amide bonds. The van der Waals surface area contributed by atoms with E-state index in [4.69, 9.17) is 17.0 Å². The monoisotopic (exact) mass is 467 g/mol. The van der Waals surface area contributed by atoms with Crippen molar-refractivity contribution in [1.82, 2.24) is 20.3 Å². The summed E-state index contributed by atoms with van der Waals surface area (Å²) in [6.45, 7) is 1.88. The van der Waals surface area contributed by atoms with Crippen LogP contribution in [0.1, 0.15) is 15.9 Å². The molecule has 0 aliphatic rings. The van der Waals surface area contributed by atoms with E-state index in [1.807, 2.05) is 55.5 Å². The molecule has 7 nitrogen and oxygen atoms in total. The van der Waals surface area contributed by atoms with Gasteiger partial charge in [-0.2, -0.15) is 0 Å². The van der Waals surface area contributed by atoms with Crippen LogP contribution in [0.15, 0.2) is 78.9 Å². The minimum atomic E-state index is -0.346. The molecule has 0 aliphatic heterocycles. The lowest BCUT2D eigenvalue weighted by molar-refractivity contribution is 0.0974. The Kier molecular flexibility index (Phi) is 5.65. The zero-order chi connectivity index (χ0) is 23.7. The van der Waals surface area contributed by atoms with Crippen LogP contribution >= 0.6 is 12.2 Å². The molecule has 4 aromatic carbocycles. The Bertz CT molecular complexity index is 1550. The van der Waals surface area contributed by atoms with Gasteiger partial charge in [-0.1, -0.05) is 48.5 Å². The van der Waals surface area contributed by atoms with E-state index >= 15 is 0 Å². The number of amides is 1. The van der Waals surface area contributed by atoms with E-state index in [1.165, 1.54) is 7.11 Å². The third kappa shape index (κ3) is 4.06. The SMILES string of the molecule is COc1c(C)cccc1C(=O)NC(=S)Nc1ccc2nn(-c3cccc4ccccc34)nc2c1. The number of fused-ring (bicyclic) bond motifs is 2. The van der Waals surface area contributed by atoms with Gasteiger partial charge in [0.05, 0.1) is 18.4 Å². The van der Waals surface area contributed by atoms with E-state index in [-0.39, 0.29) is 11.0 Å². The van der Waals surface area contributed by atoms with Gasteiger partial charge in [0.1, 0.15) is 16.8 Å². The van der Waals surface area contributed by atoms with Crippen molar-refractivity contribution in [3.05, 3.63) is 90.0 Å². The fourth-order valence-electron chi connectivity index (χ4n) is 3.92. The van der Waals surface area contributed by atoms with Gasteiger partial charge in [-0.15, -0.1) is 15.0 Å². The van der Waals surface area contributed by atoms with Crippen LogP contribution in [0.5, 0.6) is 5.75 Å². The highest BCUT2D eigenvalue weighted by Crippen LogP contribution is 2.24. The molecule has 0 fully saturated rings. The standard InChI is InChI=1S/C26H21N5O2S/c1-16-7-5-11-20(24(16)33-2)25(32)28-26(34)27-18-13-14-21-22(15-18)30-31(29-21)23-12-6-9-17-8-3-4-10-19(17)23/h3-15H,1-2H3,(H2,27,28,32,34). The highest BCUT2D eigenvalue weighted by molar-refractivity contribution is 7.80. The first-order valence-corrected chi connectivity index (χ1v) is 11.1. The number of hydrogen-bond donors (Lipinski definition) is 2. The maximum atomic E-state index is 12.7. The molecular formula is C26H21N5O2S. The lowest BCUT2D eigenvalue weighted by atomic mass is 10.1. The van der Waals surface area contributed by atoms with E-state index in [2.05, 4.69) is 39.0 Å². The number of aryl methyl sites for hydroxylation is 1. The molecule has 34 heavy (non-hydrogen) atoms. The Labute approximate surface area is 201 Å². The second-order valence-electron chi connectivity index (χ2n) is 7.76. The number of hydrogen-bond acceptors (Lipinski definition) is 5. The van der Waals surface area contributed by atoms with Crippen LogP contribution in [0.2, 0.25) is 0 Å². The normalized spacial score (nSPS) is 10.9. The quantitative estimate of drug-likeness (QED) is 0.362. The Morgan fingerprint density at radius 3 is 2.56 bits per heavy atom. The number of anilines is 1. The number of aromatic nitrogens is 3. The summed E-state index contributed by atoms with van der Waals surface area (Å²) in [6.07, 6.45) is 0. The van der Waals surface area contributed by atoms with Crippen LogP contribution in [-0.2, 0) is 0 Å².